The number of carbonyl (C=O) groups is 1. The van der Waals surface area contributed by atoms with Crippen LogP contribution in [0.2, 0.25) is 0 Å². The minimum Gasteiger partial charge on any atom is -0.394 e. The molecule has 2 unspecified atom stereocenters. The first-order valence-corrected chi connectivity index (χ1v) is 10.0. The van der Waals surface area contributed by atoms with Crippen molar-refractivity contribution in [2.24, 2.45) is 0 Å². The summed E-state index contributed by atoms with van der Waals surface area (Å²) in [6.45, 7) is 0.711. The van der Waals surface area contributed by atoms with Gasteiger partial charge in [0.25, 0.3) is 0 Å². The van der Waals surface area contributed by atoms with Crippen LogP contribution in [0.3, 0.4) is 0 Å². The van der Waals surface area contributed by atoms with E-state index in [0.29, 0.717) is 19.8 Å². The van der Waals surface area contributed by atoms with Crippen LogP contribution >= 0.6 is 7.82 Å². The van der Waals surface area contributed by atoms with Gasteiger partial charge in [-0.3, -0.25) is 9.32 Å². The third-order valence-corrected chi connectivity index (χ3v) is 4.21. The maximum atomic E-state index is 12.0. The number of rotatable bonds is 13. The van der Waals surface area contributed by atoms with Gasteiger partial charge in [0, 0.05) is 13.5 Å². The van der Waals surface area contributed by atoms with Crippen LogP contribution in [0, 0.1) is 0 Å². The highest BCUT2D eigenvalue weighted by Crippen LogP contribution is 2.40. The Morgan fingerprint density at radius 1 is 1.07 bits per heavy atom. The van der Waals surface area contributed by atoms with Crippen molar-refractivity contribution in [2.75, 3.05) is 46.8 Å². The van der Waals surface area contributed by atoms with E-state index in [1.807, 2.05) is 0 Å². The van der Waals surface area contributed by atoms with E-state index in [2.05, 4.69) is 9.84 Å². The molecule has 0 aliphatic carbocycles. The lowest BCUT2D eigenvalue weighted by atomic mass is 9.97. The zero-order chi connectivity index (χ0) is 21.2. The molecule has 0 aromatic rings. The molecule has 0 radical (unpaired) electrons. The fourth-order valence-electron chi connectivity index (χ4n) is 2.35. The Labute approximate surface area is 161 Å². The van der Waals surface area contributed by atoms with Crippen molar-refractivity contribution in [3.05, 3.63) is 0 Å². The third kappa shape index (κ3) is 9.20. The molecule has 1 rings (SSSR count). The van der Waals surface area contributed by atoms with Gasteiger partial charge in [0.2, 0.25) is 5.91 Å². The normalized spacial score (nSPS) is 28.3. The van der Waals surface area contributed by atoms with Gasteiger partial charge in [-0.15, -0.1) is 0 Å². The van der Waals surface area contributed by atoms with Gasteiger partial charge in [0.1, 0.15) is 24.4 Å². The predicted octanol–water partition coefficient (Wildman–Crippen LogP) is -2.91. The predicted molar refractivity (Wildman–Crippen MR) is 91.0 cm³/mol. The summed E-state index contributed by atoms with van der Waals surface area (Å²) in [6, 6.07) is -1.48. The van der Waals surface area contributed by atoms with Crippen molar-refractivity contribution in [3.63, 3.8) is 0 Å². The molecule has 0 aromatic heterocycles. The number of hydrogen-bond donors (Lipinski definition) is 6. The summed E-state index contributed by atoms with van der Waals surface area (Å²) >= 11 is 0. The number of phosphoric acid groups is 1. The Balaban J connectivity index is 2.48. The lowest BCUT2D eigenvalue weighted by Gasteiger charge is -2.41. The fourth-order valence-corrected chi connectivity index (χ4v) is 2.80. The summed E-state index contributed by atoms with van der Waals surface area (Å²) in [4.78, 5) is 29.9. The van der Waals surface area contributed by atoms with Gasteiger partial charge in [-0.05, 0) is 0 Å². The molecule has 1 heterocycles. The number of carbonyl (C=O) groups excluding carboxylic acids is 1. The number of nitrogens with one attached hydrogen (secondary N) is 1. The van der Waals surface area contributed by atoms with E-state index in [0.717, 1.165) is 0 Å². The second-order valence-corrected chi connectivity index (χ2v) is 7.06. The minimum absolute atomic E-state index is 0.0228. The quantitative estimate of drug-likeness (QED) is 0.128. The van der Waals surface area contributed by atoms with Crippen LogP contribution < -0.4 is 5.32 Å². The van der Waals surface area contributed by atoms with Gasteiger partial charge < -0.3 is 49.4 Å². The lowest BCUT2D eigenvalue weighted by Crippen LogP contribution is -2.64. The number of aliphatic hydroxyl groups is 3. The molecule has 1 aliphatic rings. The first kappa shape index (κ1) is 25.3. The molecule has 1 amide bonds. The summed E-state index contributed by atoms with van der Waals surface area (Å²) in [7, 11) is -3.49. The standard InChI is InChI=1S/C14H28NO12P/c1-23-4-5-25-7-6-24-3-2-10(17)15-11-13(19)12(18)9(8-16)26-14(11)27-28(20,21)22/h9,11-14,16,18-19H,2-8H2,1H3,(H,15,17)(H2,20,21,22)/t9?,11?,12-,13+,14-/m0/s1. The Kier molecular flexibility index (Phi) is 11.6. The van der Waals surface area contributed by atoms with Crippen LogP contribution in [0.4, 0.5) is 0 Å². The summed E-state index contributed by atoms with van der Waals surface area (Å²) in [5, 5.41) is 31.4. The van der Waals surface area contributed by atoms with Crippen LogP contribution in [0.5, 0.6) is 0 Å². The Morgan fingerprint density at radius 2 is 1.68 bits per heavy atom. The number of hydrogen-bond acceptors (Lipinski definition) is 10. The van der Waals surface area contributed by atoms with Crippen LogP contribution in [-0.2, 0) is 32.8 Å². The summed E-state index contributed by atoms with van der Waals surface area (Å²) in [6.07, 6.45) is -6.56. The Morgan fingerprint density at radius 3 is 2.25 bits per heavy atom. The van der Waals surface area contributed by atoms with Crippen LogP contribution in [-0.4, -0.2) is 108 Å². The van der Waals surface area contributed by atoms with Crippen molar-refractivity contribution in [2.45, 2.75) is 37.1 Å². The number of methoxy groups -OCH3 is 1. The monoisotopic (exact) mass is 433 g/mol. The van der Waals surface area contributed by atoms with E-state index in [-0.39, 0.29) is 19.6 Å². The molecule has 14 heteroatoms. The molecule has 0 spiro atoms. The molecule has 1 saturated heterocycles. The molecule has 1 fully saturated rings. The first-order valence-electron chi connectivity index (χ1n) is 8.49. The molecule has 0 aromatic carbocycles. The van der Waals surface area contributed by atoms with Gasteiger partial charge in [0.15, 0.2) is 6.29 Å². The summed E-state index contributed by atoms with van der Waals surface area (Å²) < 4.78 is 35.7. The molecule has 6 N–H and O–H groups in total. The molecule has 0 saturated carbocycles. The number of phosphoric ester groups is 1. The van der Waals surface area contributed by atoms with E-state index >= 15 is 0 Å². The number of amides is 1. The van der Waals surface area contributed by atoms with Gasteiger partial charge in [-0.1, -0.05) is 0 Å². The smallest absolute Gasteiger partial charge is 0.394 e. The highest BCUT2D eigenvalue weighted by molar-refractivity contribution is 7.46. The molecule has 13 nitrogen and oxygen atoms in total. The largest absolute Gasteiger partial charge is 0.472 e. The van der Waals surface area contributed by atoms with Crippen molar-refractivity contribution < 1.29 is 57.9 Å². The van der Waals surface area contributed by atoms with E-state index in [9.17, 15) is 19.6 Å². The van der Waals surface area contributed by atoms with Crippen LogP contribution in [0.25, 0.3) is 0 Å². The van der Waals surface area contributed by atoms with Gasteiger partial charge in [-0.25, -0.2) is 4.57 Å². The zero-order valence-electron chi connectivity index (χ0n) is 15.4. The Hall–Kier alpha value is -0.700. The van der Waals surface area contributed by atoms with Gasteiger partial charge in [0.05, 0.1) is 39.6 Å². The molecule has 1 aliphatic heterocycles. The molecular formula is C14H28NO12P. The van der Waals surface area contributed by atoms with E-state index < -0.39 is 51.0 Å². The number of ether oxygens (including phenoxy) is 4. The van der Waals surface area contributed by atoms with Crippen LogP contribution in [0.1, 0.15) is 6.42 Å². The first-order chi connectivity index (χ1) is 13.2. The highest BCUT2D eigenvalue weighted by atomic mass is 31.2. The molecule has 0 bridgehead atoms. The Bertz CT molecular complexity index is 503. The summed E-state index contributed by atoms with van der Waals surface area (Å²) in [5.74, 6) is -0.637. The fraction of sp³-hybridized carbons (Fsp3) is 0.929. The van der Waals surface area contributed by atoms with E-state index in [4.69, 9.17) is 33.8 Å². The average molecular weight is 433 g/mol. The summed E-state index contributed by atoms with van der Waals surface area (Å²) in [5.41, 5.74) is 0. The van der Waals surface area contributed by atoms with E-state index in [1.165, 1.54) is 0 Å². The van der Waals surface area contributed by atoms with Crippen molar-refractivity contribution in [3.8, 4) is 0 Å². The average Bonchev–Trinajstić information content (AvgIpc) is 2.62. The maximum absolute atomic E-state index is 12.0. The van der Waals surface area contributed by atoms with Crippen molar-refractivity contribution in [1.29, 1.82) is 0 Å². The second kappa shape index (κ2) is 12.8. The van der Waals surface area contributed by atoms with Gasteiger partial charge in [-0.2, -0.15) is 0 Å². The van der Waals surface area contributed by atoms with Crippen molar-refractivity contribution >= 4 is 13.7 Å². The van der Waals surface area contributed by atoms with Gasteiger partial charge >= 0.3 is 7.82 Å². The lowest BCUT2D eigenvalue weighted by molar-refractivity contribution is -0.248. The third-order valence-electron chi connectivity index (χ3n) is 3.73. The molecule has 5 atom stereocenters. The maximum Gasteiger partial charge on any atom is 0.472 e. The topological polar surface area (TPSA) is 193 Å². The SMILES string of the molecule is COCCOCCOCCC(=O)NC1[C@H](OP(=O)(O)O)OC(CO)[C@H](O)[C@@H]1O. The molecular weight excluding hydrogens is 405 g/mol. The second-order valence-electron chi connectivity index (χ2n) is 5.86. The molecule has 166 valence electrons. The highest BCUT2D eigenvalue weighted by Gasteiger charge is 2.47. The number of aliphatic hydroxyl groups excluding tert-OH is 3. The van der Waals surface area contributed by atoms with Crippen molar-refractivity contribution in [1.82, 2.24) is 5.32 Å². The van der Waals surface area contributed by atoms with Crippen LogP contribution in [0.15, 0.2) is 0 Å². The minimum atomic E-state index is -5.04. The van der Waals surface area contributed by atoms with E-state index in [1.54, 1.807) is 7.11 Å². The molecule has 28 heavy (non-hydrogen) atoms. The zero-order valence-corrected chi connectivity index (χ0v) is 16.3.